The Bertz CT molecular complexity index is 461. The second kappa shape index (κ2) is 6.62. The van der Waals surface area contributed by atoms with Crippen molar-refractivity contribution < 1.29 is 17.9 Å². The molecule has 1 saturated heterocycles. The predicted octanol–water partition coefficient (Wildman–Crippen LogP) is 0.181. The van der Waals surface area contributed by atoms with Crippen molar-refractivity contribution in [3.05, 3.63) is 0 Å². The third-order valence-corrected chi connectivity index (χ3v) is 5.80. The van der Waals surface area contributed by atoms with E-state index >= 15 is 0 Å². The molecule has 0 aromatic rings. The Hall–Kier alpha value is -0.660. The van der Waals surface area contributed by atoms with Gasteiger partial charge < -0.3 is 9.64 Å². The van der Waals surface area contributed by atoms with E-state index in [1.807, 2.05) is 13.8 Å². The smallest absolute Gasteiger partial charge is 0.326 e. The van der Waals surface area contributed by atoms with Gasteiger partial charge in [-0.15, -0.1) is 0 Å². The van der Waals surface area contributed by atoms with Crippen LogP contribution < -0.4 is 5.32 Å². The molecule has 2 fully saturated rings. The highest BCUT2D eigenvalue weighted by Crippen LogP contribution is 2.25. The average Bonchev–Trinajstić information content (AvgIpc) is 3.21. The van der Waals surface area contributed by atoms with Gasteiger partial charge in [0, 0.05) is 25.7 Å². The summed E-state index contributed by atoms with van der Waals surface area (Å²) >= 11 is 0. The molecule has 1 heterocycles. The van der Waals surface area contributed by atoms with Crippen LogP contribution in [0.1, 0.15) is 33.1 Å². The molecule has 7 heteroatoms. The van der Waals surface area contributed by atoms with Crippen LogP contribution in [0.2, 0.25) is 0 Å². The van der Waals surface area contributed by atoms with Gasteiger partial charge in [0.25, 0.3) is 0 Å². The Morgan fingerprint density at radius 2 is 1.95 bits per heavy atom. The van der Waals surface area contributed by atoms with Gasteiger partial charge in [0.1, 0.15) is 5.54 Å². The SMILES string of the molecule is CCOC(=O)C(C)(CCN1CCS(=O)(=O)CC1)NC1CC1. The van der Waals surface area contributed by atoms with Gasteiger partial charge in [0.2, 0.25) is 0 Å². The summed E-state index contributed by atoms with van der Waals surface area (Å²) in [6.45, 7) is 5.91. The number of esters is 1. The van der Waals surface area contributed by atoms with Gasteiger partial charge in [-0.25, -0.2) is 8.42 Å². The average molecular weight is 318 g/mol. The van der Waals surface area contributed by atoms with E-state index in [1.54, 1.807) is 0 Å². The van der Waals surface area contributed by atoms with Crippen molar-refractivity contribution in [1.29, 1.82) is 0 Å². The fraction of sp³-hybridized carbons (Fsp3) is 0.929. The van der Waals surface area contributed by atoms with E-state index in [1.165, 1.54) is 0 Å². The van der Waals surface area contributed by atoms with Crippen molar-refractivity contribution >= 4 is 15.8 Å². The monoisotopic (exact) mass is 318 g/mol. The van der Waals surface area contributed by atoms with Crippen molar-refractivity contribution in [2.75, 3.05) is 37.7 Å². The summed E-state index contributed by atoms with van der Waals surface area (Å²) in [6, 6.07) is 0.418. The zero-order valence-electron chi connectivity index (χ0n) is 12.9. The number of nitrogens with one attached hydrogen (secondary N) is 1. The first-order valence-electron chi connectivity index (χ1n) is 7.72. The molecule has 1 saturated carbocycles. The highest BCUT2D eigenvalue weighted by atomic mass is 32.2. The highest BCUT2D eigenvalue weighted by molar-refractivity contribution is 7.91. The fourth-order valence-corrected chi connectivity index (χ4v) is 3.83. The predicted molar refractivity (Wildman–Crippen MR) is 80.9 cm³/mol. The van der Waals surface area contributed by atoms with Gasteiger partial charge in [0.05, 0.1) is 18.1 Å². The number of nitrogens with zero attached hydrogens (tertiary/aromatic N) is 1. The van der Waals surface area contributed by atoms with E-state index in [2.05, 4.69) is 10.2 Å². The zero-order valence-corrected chi connectivity index (χ0v) is 13.7. The number of carbonyl (C=O) groups is 1. The van der Waals surface area contributed by atoms with Gasteiger partial charge in [-0.05, 0) is 33.1 Å². The van der Waals surface area contributed by atoms with Crippen molar-refractivity contribution in [1.82, 2.24) is 10.2 Å². The van der Waals surface area contributed by atoms with Gasteiger partial charge in [0.15, 0.2) is 9.84 Å². The molecule has 0 aromatic carbocycles. The first kappa shape index (κ1) is 16.7. The second-order valence-electron chi connectivity index (χ2n) is 6.21. The molecule has 1 aliphatic carbocycles. The number of hydrogen-bond acceptors (Lipinski definition) is 6. The van der Waals surface area contributed by atoms with E-state index in [-0.39, 0.29) is 17.5 Å². The third kappa shape index (κ3) is 4.93. The molecule has 1 N–H and O–H groups in total. The van der Waals surface area contributed by atoms with Gasteiger partial charge in [-0.2, -0.15) is 0 Å². The van der Waals surface area contributed by atoms with Crippen LogP contribution in [-0.2, 0) is 19.4 Å². The van der Waals surface area contributed by atoms with Gasteiger partial charge in [-0.3, -0.25) is 10.1 Å². The summed E-state index contributed by atoms with van der Waals surface area (Å²) in [4.78, 5) is 14.3. The molecule has 1 aliphatic heterocycles. The van der Waals surface area contributed by atoms with E-state index in [9.17, 15) is 13.2 Å². The second-order valence-corrected chi connectivity index (χ2v) is 8.52. The fourth-order valence-electron chi connectivity index (χ4n) is 2.56. The lowest BCUT2D eigenvalue weighted by Crippen LogP contribution is -2.54. The number of rotatable bonds is 7. The molecule has 1 unspecified atom stereocenters. The van der Waals surface area contributed by atoms with Crippen LogP contribution in [0, 0.1) is 0 Å². The molecule has 2 rings (SSSR count). The van der Waals surface area contributed by atoms with E-state index < -0.39 is 15.4 Å². The standard InChI is InChI=1S/C14H26N2O4S/c1-3-20-13(17)14(2,15-12-4-5-12)6-7-16-8-10-21(18,19)11-9-16/h12,15H,3-11H2,1-2H3. The summed E-state index contributed by atoms with van der Waals surface area (Å²) in [6.07, 6.45) is 2.86. The molecule has 122 valence electrons. The Kier molecular flexibility index (Phi) is 5.27. The van der Waals surface area contributed by atoms with Crippen molar-refractivity contribution in [2.45, 2.75) is 44.7 Å². The third-order valence-electron chi connectivity index (χ3n) is 4.19. The van der Waals surface area contributed by atoms with E-state index in [4.69, 9.17) is 4.74 Å². The molecule has 21 heavy (non-hydrogen) atoms. The first-order chi connectivity index (χ1) is 9.85. The summed E-state index contributed by atoms with van der Waals surface area (Å²) in [7, 11) is -2.85. The molecule has 0 spiro atoms. The first-order valence-corrected chi connectivity index (χ1v) is 9.54. The zero-order chi connectivity index (χ0) is 15.5. The number of carbonyl (C=O) groups excluding carboxylic acids is 1. The Labute approximate surface area is 127 Å². The summed E-state index contributed by atoms with van der Waals surface area (Å²) in [5.41, 5.74) is -0.673. The maximum atomic E-state index is 12.2. The largest absolute Gasteiger partial charge is 0.465 e. The maximum absolute atomic E-state index is 12.2. The molecular weight excluding hydrogens is 292 g/mol. The number of sulfone groups is 1. The molecule has 0 aromatic heterocycles. The molecule has 0 amide bonds. The van der Waals surface area contributed by atoms with Gasteiger partial charge in [-0.1, -0.05) is 0 Å². The molecule has 1 atom stereocenters. The number of ether oxygens (including phenoxy) is 1. The minimum atomic E-state index is -2.85. The normalized spacial score (nSPS) is 25.2. The van der Waals surface area contributed by atoms with E-state index in [0.717, 1.165) is 12.8 Å². The summed E-state index contributed by atoms with van der Waals surface area (Å²) in [5.74, 6) is 0.236. The molecule has 2 aliphatic rings. The summed E-state index contributed by atoms with van der Waals surface area (Å²) < 4.78 is 28.1. The lowest BCUT2D eigenvalue weighted by molar-refractivity contribution is -0.151. The highest BCUT2D eigenvalue weighted by Gasteiger charge is 2.39. The number of hydrogen-bond donors (Lipinski definition) is 1. The van der Waals surface area contributed by atoms with Crippen LogP contribution in [0.5, 0.6) is 0 Å². The van der Waals surface area contributed by atoms with Crippen LogP contribution in [0.3, 0.4) is 0 Å². The summed E-state index contributed by atoms with van der Waals surface area (Å²) in [5, 5.41) is 3.39. The lowest BCUT2D eigenvalue weighted by atomic mass is 9.97. The van der Waals surface area contributed by atoms with Crippen LogP contribution >= 0.6 is 0 Å². The van der Waals surface area contributed by atoms with Gasteiger partial charge >= 0.3 is 5.97 Å². The Morgan fingerprint density at radius 3 is 2.48 bits per heavy atom. The van der Waals surface area contributed by atoms with E-state index in [0.29, 0.717) is 38.7 Å². The van der Waals surface area contributed by atoms with Crippen LogP contribution in [0.15, 0.2) is 0 Å². The van der Waals surface area contributed by atoms with Crippen LogP contribution in [0.25, 0.3) is 0 Å². The lowest BCUT2D eigenvalue weighted by Gasteiger charge is -2.33. The minimum Gasteiger partial charge on any atom is -0.465 e. The van der Waals surface area contributed by atoms with Crippen LogP contribution in [0.4, 0.5) is 0 Å². The van der Waals surface area contributed by atoms with Crippen molar-refractivity contribution in [2.24, 2.45) is 0 Å². The molecule has 0 bridgehead atoms. The topological polar surface area (TPSA) is 75.7 Å². The molecule has 0 radical (unpaired) electrons. The van der Waals surface area contributed by atoms with Crippen LogP contribution in [-0.4, -0.2) is 68.6 Å². The Balaban J connectivity index is 1.88. The minimum absolute atomic E-state index is 0.207. The van der Waals surface area contributed by atoms with Crippen molar-refractivity contribution in [3.8, 4) is 0 Å². The van der Waals surface area contributed by atoms with Crippen molar-refractivity contribution in [3.63, 3.8) is 0 Å². The molecule has 6 nitrogen and oxygen atoms in total. The quantitative estimate of drug-likeness (QED) is 0.675. The Morgan fingerprint density at radius 1 is 1.33 bits per heavy atom. The maximum Gasteiger partial charge on any atom is 0.326 e. The molecular formula is C14H26N2O4S.